The van der Waals surface area contributed by atoms with E-state index < -0.39 is 0 Å². The summed E-state index contributed by atoms with van der Waals surface area (Å²) in [6.07, 6.45) is 0.764. The van der Waals surface area contributed by atoms with Crippen LogP contribution in [-0.4, -0.2) is 13.2 Å². The highest BCUT2D eigenvalue weighted by molar-refractivity contribution is 6.31. The van der Waals surface area contributed by atoms with Crippen molar-refractivity contribution in [3.8, 4) is 5.75 Å². The number of halogens is 2. The lowest BCUT2D eigenvalue weighted by atomic mass is 10.1. The fourth-order valence-corrected chi connectivity index (χ4v) is 2.41. The summed E-state index contributed by atoms with van der Waals surface area (Å²) in [6, 6.07) is 10.1. The number of rotatable bonds is 7. The Balaban J connectivity index is 1.88. The number of hydrogen-bond acceptors (Lipinski definition) is 3. The average Bonchev–Trinajstić information content (AvgIpc) is 2.49. The van der Waals surface area contributed by atoms with Crippen LogP contribution in [0.1, 0.15) is 18.1 Å². The van der Waals surface area contributed by atoms with E-state index in [1.54, 1.807) is 18.2 Å². The first kappa shape index (κ1) is 16.6. The van der Waals surface area contributed by atoms with Crippen LogP contribution < -0.4 is 15.8 Å². The fourth-order valence-electron chi connectivity index (χ4n) is 2.14. The molecule has 0 unspecified atom stereocenters. The van der Waals surface area contributed by atoms with Crippen LogP contribution in [0, 0.1) is 5.82 Å². The molecule has 3 nitrogen and oxygen atoms in total. The van der Waals surface area contributed by atoms with E-state index in [1.165, 1.54) is 12.1 Å². The van der Waals surface area contributed by atoms with E-state index in [0.717, 1.165) is 24.1 Å². The lowest BCUT2D eigenvalue weighted by molar-refractivity contribution is 0.341. The molecule has 0 fully saturated rings. The quantitative estimate of drug-likeness (QED) is 0.602. The zero-order chi connectivity index (χ0) is 15.9. The van der Waals surface area contributed by atoms with Gasteiger partial charge in [-0.1, -0.05) is 23.7 Å². The van der Waals surface area contributed by atoms with Crippen LogP contribution in [0.5, 0.6) is 5.75 Å². The number of benzene rings is 2. The molecule has 2 aromatic rings. The topological polar surface area (TPSA) is 47.3 Å². The highest BCUT2D eigenvalue weighted by atomic mass is 35.5. The van der Waals surface area contributed by atoms with Gasteiger partial charge in [0.05, 0.1) is 12.3 Å². The second kappa shape index (κ2) is 8.01. The molecule has 118 valence electrons. The van der Waals surface area contributed by atoms with Crippen LogP contribution >= 0.6 is 11.6 Å². The van der Waals surface area contributed by atoms with Gasteiger partial charge in [0.2, 0.25) is 0 Å². The summed E-state index contributed by atoms with van der Waals surface area (Å²) < 4.78 is 18.3. The van der Waals surface area contributed by atoms with Crippen LogP contribution in [0.4, 0.5) is 10.1 Å². The second-order valence-electron chi connectivity index (χ2n) is 4.97. The molecule has 0 saturated carbocycles. The summed E-state index contributed by atoms with van der Waals surface area (Å²) in [5.41, 5.74) is 8.45. The summed E-state index contributed by atoms with van der Waals surface area (Å²) in [4.78, 5) is 0. The van der Waals surface area contributed by atoms with Crippen molar-refractivity contribution in [2.75, 3.05) is 18.9 Å². The maximum atomic E-state index is 12.8. The highest BCUT2D eigenvalue weighted by Gasteiger charge is 2.07. The smallest absolute Gasteiger partial charge is 0.142 e. The van der Waals surface area contributed by atoms with Gasteiger partial charge in [-0.2, -0.15) is 0 Å². The molecule has 2 rings (SSSR count). The van der Waals surface area contributed by atoms with Crippen molar-refractivity contribution >= 4 is 17.3 Å². The van der Waals surface area contributed by atoms with Crippen LogP contribution in [0.2, 0.25) is 5.02 Å². The lowest BCUT2D eigenvalue weighted by Crippen LogP contribution is -2.17. The molecule has 0 saturated heterocycles. The molecule has 0 heterocycles. The van der Waals surface area contributed by atoms with Crippen LogP contribution in [0.25, 0.3) is 0 Å². The van der Waals surface area contributed by atoms with E-state index in [9.17, 15) is 4.39 Å². The number of nitrogens with one attached hydrogen (secondary N) is 1. The minimum atomic E-state index is -0.221. The Labute approximate surface area is 135 Å². The Morgan fingerprint density at radius 2 is 1.95 bits per heavy atom. The third-order valence-corrected chi connectivity index (χ3v) is 3.64. The first-order chi connectivity index (χ1) is 10.6. The molecular formula is C17H20ClFN2O. The maximum absolute atomic E-state index is 12.8. The van der Waals surface area contributed by atoms with Crippen molar-refractivity contribution in [1.29, 1.82) is 0 Å². The average molecular weight is 323 g/mol. The normalized spacial score (nSPS) is 10.7. The molecule has 0 aliphatic rings. The van der Waals surface area contributed by atoms with E-state index in [2.05, 4.69) is 5.32 Å². The van der Waals surface area contributed by atoms with Gasteiger partial charge < -0.3 is 15.8 Å². The zero-order valence-corrected chi connectivity index (χ0v) is 13.3. The van der Waals surface area contributed by atoms with Crippen molar-refractivity contribution in [3.63, 3.8) is 0 Å². The second-order valence-corrected chi connectivity index (χ2v) is 5.37. The molecule has 3 N–H and O–H groups in total. The van der Waals surface area contributed by atoms with Crippen molar-refractivity contribution in [3.05, 3.63) is 58.4 Å². The number of anilines is 1. The minimum absolute atomic E-state index is 0.221. The van der Waals surface area contributed by atoms with Gasteiger partial charge in [-0.05, 0) is 55.3 Å². The van der Waals surface area contributed by atoms with Crippen molar-refractivity contribution in [2.24, 2.45) is 0 Å². The molecule has 0 radical (unpaired) electrons. The summed E-state index contributed by atoms with van der Waals surface area (Å²) in [7, 11) is 0. The summed E-state index contributed by atoms with van der Waals surface area (Å²) >= 11 is 6.21. The van der Waals surface area contributed by atoms with Crippen molar-refractivity contribution in [2.45, 2.75) is 19.9 Å². The van der Waals surface area contributed by atoms with Crippen molar-refractivity contribution < 1.29 is 9.13 Å². The molecule has 0 atom stereocenters. The van der Waals surface area contributed by atoms with E-state index in [0.29, 0.717) is 29.6 Å². The largest absolute Gasteiger partial charge is 0.492 e. The van der Waals surface area contributed by atoms with Gasteiger partial charge in [0.15, 0.2) is 0 Å². The standard InChI is InChI=1S/C17H20ClFN2O/c1-2-22-17-9-13(15(18)10-16(17)20)7-8-21-11-12-3-5-14(19)6-4-12/h3-6,9-10,21H,2,7-8,11,20H2,1H3. The van der Waals surface area contributed by atoms with Crippen LogP contribution in [-0.2, 0) is 13.0 Å². The van der Waals surface area contributed by atoms with Gasteiger partial charge >= 0.3 is 0 Å². The monoisotopic (exact) mass is 322 g/mol. The third-order valence-electron chi connectivity index (χ3n) is 3.29. The van der Waals surface area contributed by atoms with E-state index in [-0.39, 0.29) is 5.82 Å². The zero-order valence-electron chi connectivity index (χ0n) is 12.5. The van der Waals surface area contributed by atoms with Gasteiger partial charge in [-0.15, -0.1) is 0 Å². The molecule has 22 heavy (non-hydrogen) atoms. The molecular weight excluding hydrogens is 303 g/mol. The van der Waals surface area contributed by atoms with Gasteiger partial charge in [0.1, 0.15) is 11.6 Å². The van der Waals surface area contributed by atoms with Gasteiger partial charge in [0.25, 0.3) is 0 Å². The molecule has 0 aromatic heterocycles. The number of nitrogens with two attached hydrogens (primary N) is 1. The van der Waals surface area contributed by atoms with Gasteiger partial charge in [-0.3, -0.25) is 0 Å². The Kier molecular flexibility index (Phi) is 6.04. The Morgan fingerprint density at radius 3 is 2.64 bits per heavy atom. The predicted molar refractivity (Wildman–Crippen MR) is 88.8 cm³/mol. The number of nitrogen functional groups attached to an aromatic ring is 1. The van der Waals surface area contributed by atoms with Gasteiger partial charge in [-0.25, -0.2) is 4.39 Å². The van der Waals surface area contributed by atoms with Crippen LogP contribution in [0.3, 0.4) is 0 Å². The summed E-state index contributed by atoms with van der Waals surface area (Å²) in [5, 5.41) is 3.95. The molecule has 0 aliphatic heterocycles. The molecule has 0 aliphatic carbocycles. The third kappa shape index (κ3) is 4.61. The van der Waals surface area contributed by atoms with E-state index >= 15 is 0 Å². The molecule has 0 spiro atoms. The minimum Gasteiger partial charge on any atom is -0.492 e. The predicted octanol–water partition coefficient (Wildman–Crippen LogP) is 3.79. The number of ether oxygens (including phenoxy) is 1. The molecule has 0 amide bonds. The number of hydrogen-bond donors (Lipinski definition) is 2. The van der Waals surface area contributed by atoms with Gasteiger partial charge in [0, 0.05) is 11.6 Å². The lowest BCUT2D eigenvalue weighted by Gasteiger charge is -2.12. The first-order valence-corrected chi connectivity index (χ1v) is 7.63. The van der Waals surface area contributed by atoms with E-state index in [4.69, 9.17) is 22.1 Å². The summed E-state index contributed by atoms with van der Waals surface area (Å²) in [5.74, 6) is 0.446. The molecule has 5 heteroatoms. The Bertz CT molecular complexity index is 617. The maximum Gasteiger partial charge on any atom is 0.142 e. The Hall–Kier alpha value is -1.78. The van der Waals surface area contributed by atoms with Crippen molar-refractivity contribution in [1.82, 2.24) is 5.32 Å². The SMILES string of the molecule is CCOc1cc(CCNCc2ccc(F)cc2)c(Cl)cc1N. The van der Waals surface area contributed by atoms with Crippen LogP contribution in [0.15, 0.2) is 36.4 Å². The molecule has 0 bridgehead atoms. The first-order valence-electron chi connectivity index (χ1n) is 7.26. The fraction of sp³-hybridized carbons (Fsp3) is 0.294. The van der Waals surface area contributed by atoms with E-state index in [1.807, 2.05) is 13.0 Å². The Morgan fingerprint density at radius 1 is 1.23 bits per heavy atom. The highest BCUT2D eigenvalue weighted by Crippen LogP contribution is 2.29. The molecule has 2 aromatic carbocycles. The summed E-state index contributed by atoms with van der Waals surface area (Å²) in [6.45, 7) is 3.92.